The quantitative estimate of drug-likeness (QED) is 0.730. The van der Waals surface area contributed by atoms with Crippen LogP contribution >= 0.6 is 0 Å². The summed E-state index contributed by atoms with van der Waals surface area (Å²) in [4.78, 5) is 16.1. The highest BCUT2D eigenvalue weighted by Gasteiger charge is 2.26. The third kappa shape index (κ3) is 4.55. The third-order valence-corrected chi connectivity index (χ3v) is 4.95. The zero-order valence-electron chi connectivity index (χ0n) is 11.5. The average Bonchev–Trinajstić information content (AvgIpc) is 2.44. The number of nitrogens with two attached hydrogens (primary N) is 1. The Morgan fingerprint density at radius 1 is 1.48 bits per heavy atom. The maximum atomic E-state index is 12.1. The van der Waals surface area contributed by atoms with Crippen LogP contribution in [0.1, 0.15) is 28.8 Å². The zero-order chi connectivity index (χ0) is 15.3. The molecule has 21 heavy (non-hydrogen) atoms. The molecule has 1 aliphatic rings. The van der Waals surface area contributed by atoms with Crippen LogP contribution in [0, 0.1) is 11.8 Å². The van der Waals surface area contributed by atoms with Gasteiger partial charge in [-0.05, 0) is 18.9 Å². The number of sulfone groups is 1. The molecule has 7 heteroatoms. The standard InChI is InChI=1S/C14H17N3O3S/c15-5-1-3-11-7-12(9-16-8-11)14(18)17-13-4-2-6-21(19,20)10-13/h7-9,13H,2,4-6,10,15H2,(H,17,18). The fourth-order valence-electron chi connectivity index (χ4n) is 2.19. The maximum absolute atomic E-state index is 12.1. The van der Waals surface area contributed by atoms with Crippen LogP contribution < -0.4 is 11.1 Å². The fourth-order valence-corrected chi connectivity index (χ4v) is 3.83. The highest BCUT2D eigenvalue weighted by molar-refractivity contribution is 7.91. The molecule has 1 atom stereocenters. The van der Waals surface area contributed by atoms with E-state index in [9.17, 15) is 13.2 Å². The summed E-state index contributed by atoms with van der Waals surface area (Å²) in [7, 11) is -3.05. The van der Waals surface area contributed by atoms with Crippen LogP contribution in [-0.2, 0) is 9.84 Å². The molecule has 0 spiro atoms. The fraction of sp³-hybridized carbons (Fsp3) is 0.429. The van der Waals surface area contributed by atoms with Crippen LogP contribution in [0.3, 0.4) is 0 Å². The number of hydrogen-bond acceptors (Lipinski definition) is 5. The van der Waals surface area contributed by atoms with Crippen LogP contribution in [0.5, 0.6) is 0 Å². The zero-order valence-corrected chi connectivity index (χ0v) is 12.3. The highest BCUT2D eigenvalue weighted by atomic mass is 32.2. The second-order valence-electron chi connectivity index (χ2n) is 4.90. The first kappa shape index (κ1) is 15.5. The molecule has 0 aromatic carbocycles. The lowest BCUT2D eigenvalue weighted by molar-refractivity contribution is 0.0938. The molecule has 0 aliphatic carbocycles. The van der Waals surface area contributed by atoms with Gasteiger partial charge in [0.05, 0.1) is 23.6 Å². The van der Waals surface area contributed by atoms with E-state index in [1.54, 1.807) is 12.3 Å². The molecule has 1 fully saturated rings. The molecule has 1 amide bonds. The minimum absolute atomic E-state index is 0.00115. The summed E-state index contributed by atoms with van der Waals surface area (Å²) in [5, 5.41) is 2.74. The second kappa shape index (κ2) is 6.70. The molecule has 1 aromatic heterocycles. The molecular weight excluding hydrogens is 290 g/mol. The first-order valence-electron chi connectivity index (χ1n) is 6.65. The number of amides is 1. The number of carbonyl (C=O) groups is 1. The Balaban J connectivity index is 2.06. The van der Waals surface area contributed by atoms with Gasteiger partial charge in [0.1, 0.15) is 0 Å². The molecule has 1 aromatic rings. The Kier molecular flexibility index (Phi) is 4.94. The van der Waals surface area contributed by atoms with Gasteiger partial charge in [0, 0.05) is 24.0 Å². The maximum Gasteiger partial charge on any atom is 0.253 e. The average molecular weight is 307 g/mol. The Bertz CT molecular complexity index is 689. The van der Waals surface area contributed by atoms with Gasteiger partial charge in [-0.2, -0.15) is 0 Å². The lowest BCUT2D eigenvalue weighted by Crippen LogP contribution is -2.43. The van der Waals surface area contributed by atoms with Crippen molar-refractivity contribution in [3.63, 3.8) is 0 Å². The smallest absolute Gasteiger partial charge is 0.253 e. The van der Waals surface area contributed by atoms with Gasteiger partial charge < -0.3 is 11.1 Å². The van der Waals surface area contributed by atoms with Gasteiger partial charge in [-0.15, -0.1) is 0 Å². The summed E-state index contributed by atoms with van der Waals surface area (Å²) in [6, 6.07) is 1.28. The van der Waals surface area contributed by atoms with E-state index in [-0.39, 0.29) is 30.0 Å². The molecule has 1 unspecified atom stereocenters. The van der Waals surface area contributed by atoms with Gasteiger partial charge in [-0.25, -0.2) is 8.42 Å². The topological polar surface area (TPSA) is 102 Å². The molecule has 6 nitrogen and oxygen atoms in total. The third-order valence-electron chi connectivity index (χ3n) is 3.13. The van der Waals surface area contributed by atoms with Gasteiger partial charge in [-0.3, -0.25) is 9.78 Å². The van der Waals surface area contributed by atoms with Crippen LogP contribution in [0.2, 0.25) is 0 Å². The Morgan fingerprint density at radius 3 is 3.00 bits per heavy atom. The Hall–Kier alpha value is -1.91. The van der Waals surface area contributed by atoms with Gasteiger partial charge >= 0.3 is 0 Å². The molecule has 3 N–H and O–H groups in total. The van der Waals surface area contributed by atoms with Crippen molar-refractivity contribution in [3.8, 4) is 11.8 Å². The lowest BCUT2D eigenvalue weighted by Gasteiger charge is -2.22. The van der Waals surface area contributed by atoms with E-state index in [1.165, 1.54) is 6.20 Å². The summed E-state index contributed by atoms with van der Waals surface area (Å²) in [6.45, 7) is 0.232. The van der Waals surface area contributed by atoms with Gasteiger partial charge in [0.25, 0.3) is 5.91 Å². The molecule has 0 saturated carbocycles. The monoisotopic (exact) mass is 307 g/mol. The SMILES string of the molecule is NCC#Cc1cncc(C(=O)NC2CCCS(=O)(=O)C2)c1. The highest BCUT2D eigenvalue weighted by Crippen LogP contribution is 2.13. The first-order chi connectivity index (χ1) is 10.00. The largest absolute Gasteiger partial charge is 0.348 e. The van der Waals surface area contributed by atoms with Crippen molar-refractivity contribution in [3.05, 3.63) is 29.6 Å². The number of pyridine rings is 1. The van der Waals surface area contributed by atoms with Crippen molar-refractivity contribution >= 4 is 15.7 Å². The van der Waals surface area contributed by atoms with E-state index in [2.05, 4.69) is 22.1 Å². The number of hydrogen-bond donors (Lipinski definition) is 2. The molecule has 0 bridgehead atoms. The van der Waals surface area contributed by atoms with E-state index >= 15 is 0 Å². The number of rotatable bonds is 2. The van der Waals surface area contributed by atoms with Crippen LogP contribution in [0.25, 0.3) is 0 Å². The normalized spacial score (nSPS) is 20.1. The van der Waals surface area contributed by atoms with E-state index in [0.717, 1.165) is 0 Å². The van der Waals surface area contributed by atoms with Crippen molar-refractivity contribution in [2.45, 2.75) is 18.9 Å². The number of nitrogens with one attached hydrogen (secondary N) is 1. The minimum atomic E-state index is -3.05. The molecule has 2 rings (SSSR count). The molecular formula is C14H17N3O3S. The van der Waals surface area contributed by atoms with E-state index in [4.69, 9.17) is 5.73 Å². The van der Waals surface area contributed by atoms with Gasteiger partial charge in [0.2, 0.25) is 0 Å². The van der Waals surface area contributed by atoms with Crippen molar-refractivity contribution in [2.75, 3.05) is 18.1 Å². The number of aromatic nitrogens is 1. The summed E-state index contributed by atoms with van der Waals surface area (Å²) in [5.74, 6) is 5.36. The predicted molar refractivity (Wildman–Crippen MR) is 79.3 cm³/mol. The summed E-state index contributed by atoms with van der Waals surface area (Å²) < 4.78 is 23.1. The number of carbonyl (C=O) groups excluding carboxylic acids is 1. The molecule has 0 radical (unpaired) electrons. The summed E-state index contributed by atoms with van der Waals surface area (Å²) >= 11 is 0. The summed E-state index contributed by atoms with van der Waals surface area (Å²) in [5.41, 5.74) is 6.26. The van der Waals surface area contributed by atoms with E-state index in [1.807, 2.05) is 0 Å². The Labute approximate surface area is 124 Å². The molecule has 1 saturated heterocycles. The molecule has 2 heterocycles. The van der Waals surface area contributed by atoms with Crippen LogP contribution in [0.4, 0.5) is 0 Å². The number of nitrogens with zero attached hydrogens (tertiary/aromatic N) is 1. The predicted octanol–water partition coefficient (Wildman–Crippen LogP) is -0.301. The lowest BCUT2D eigenvalue weighted by atomic mass is 10.1. The van der Waals surface area contributed by atoms with Gasteiger partial charge in [-0.1, -0.05) is 11.8 Å². The van der Waals surface area contributed by atoms with Crippen LogP contribution in [0.15, 0.2) is 18.5 Å². The van der Waals surface area contributed by atoms with Gasteiger partial charge in [0.15, 0.2) is 9.84 Å². The van der Waals surface area contributed by atoms with E-state index in [0.29, 0.717) is 24.0 Å². The second-order valence-corrected chi connectivity index (χ2v) is 7.12. The van der Waals surface area contributed by atoms with Crippen LogP contribution in [-0.4, -0.2) is 43.4 Å². The molecule has 1 aliphatic heterocycles. The first-order valence-corrected chi connectivity index (χ1v) is 8.47. The van der Waals surface area contributed by atoms with E-state index < -0.39 is 9.84 Å². The molecule has 112 valence electrons. The van der Waals surface area contributed by atoms with Crippen molar-refractivity contribution in [1.29, 1.82) is 0 Å². The minimum Gasteiger partial charge on any atom is -0.348 e. The van der Waals surface area contributed by atoms with Crippen molar-refractivity contribution < 1.29 is 13.2 Å². The Morgan fingerprint density at radius 2 is 2.29 bits per heavy atom. The van der Waals surface area contributed by atoms with Crippen molar-refractivity contribution in [2.24, 2.45) is 5.73 Å². The van der Waals surface area contributed by atoms with Crippen molar-refractivity contribution in [1.82, 2.24) is 10.3 Å². The summed E-state index contributed by atoms with van der Waals surface area (Å²) in [6.07, 6.45) is 4.23.